The molecule has 6 heteroatoms. The smallest absolute Gasteiger partial charge is 0.288 e. The highest BCUT2D eigenvalue weighted by molar-refractivity contribution is 8.15. The Morgan fingerprint density at radius 1 is 1.35 bits per heavy atom. The summed E-state index contributed by atoms with van der Waals surface area (Å²) in [5.74, 6) is -0.332. The van der Waals surface area contributed by atoms with E-state index < -0.39 is 5.37 Å². The number of carbonyl (C=O) groups is 2. The lowest BCUT2D eigenvalue weighted by Gasteiger charge is -2.09. The Morgan fingerprint density at radius 3 is 2.59 bits per heavy atom. The first-order valence-electron chi connectivity index (χ1n) is 4.93. The van der Waals surface area contributed by atoms with Crippen LogP contribution in [0.3, 0.4) is 0 Å². The Balaban J connectivity index is 2.02. The van der Waals surface area contributed by atoms with Gasteiger partial charge >= 0.3 is 0 Å². The molecule has 0 saturated carbocycles. The lowest BCUT2D eigenvalue weighted by Crippen LogP contribution is -2.29. The van der Waals surface area contributed by atoms with Crippen molar-refractivity contribution in [1.29, 1.82) is 5.26 Å². The predicted molar refractivity (Wildman–Crippen MR) is 64.3 cm³/mol. The molecule has 17 heavy (non-hydrogen) atoms. The zero-order chi connectivity index (χ0) is 12.3. The summed E-state index contributed by atoms with van der Waals surface area (Å²) in [7, 11) is 0. The van der Waals surface area contributed by atoms with Gasteiger partial charge in [0.2, 0.25) is 0 Å². The topological polar surface area (TPSA) is 82.0 Å². The maximum absolute atomic E-state index is 11.3. The number of nitrogens with one attached hydrogen (secondary N) is 2. The van der Waals surface area contributed by atoms with Crippen LogP contribution in [0.4, 0.5) is 10.5 Å². The molecule has 86 valence electrons. The fourth-order valence-electron chi connectivity index (χ4n) is 1.41. The molecule has 1 aliphatic rings. The van der Waals surface area contributed by atoms with Crippen molar-refractivity contribution in [2.45, 2.75) is 11.8 Å². The first kappa shape index (κ1) is 11.5. The lowest BCUT2D eigenvalue weighted by molar-refractivity contribution is -0.118. The van der Waals surface area contributed by atoms with E-state index in [0.29, 0.717) is 6.42 Å². The maximum Gasteiger partial charge on any atom is 0.288 e. The molecule has 1 aromatic rings. The standard InChI is InChI=1S/C11H9N3O2S/c12-6-5-7-1-3-8(4-2-7)13-10-9(15)14-11(16)17-10/h1-4,10,13H,5H2,(H,14,15,16)/t10-/m1/s1. The predicted octanol–water partition coefficient (Wildman–Crippen LogP) is 1.47. The van der Waals surface area contributed by atoms with Gasteiger partial charge in [0.05, 0.1) is 12.5 Å². The Labute approximate surface area is 102 Å². The van der Waals surface area contributed by atoms with E-state index >= 15 is 0 Å². The van der Waals surface area contributed by atoms with E-state index in [4.69, 9.17) is 5.26 Å². The number of hydrogen-bond donors (Lipinski definition) is 2. The molecule has 0 aliphatic carbocycles. The monoisotopic (exact) mass is 247 g/mol. The number of benzene rings is 1. The van der Waals surface area contributed by atoms with Crippen LogP contribution < -0.4 is 10.6 Å². The van der Waals surface area contributed by atoms with E-state index in [2.05, 4.69) is 16.7 Å². The molecular weight excluding hydrogens is 238 g/mol. The molecule has 5 nitrogen and oxygen atoms in total. The van der Waals surface area contributed by atoms with Crippen molar-refractivity contribution in [2.24, 2.45) is 0 Å². The van der Waals surface area contributed by atoms with Gasteiger partial charge in [-0.15, -0.1) is 0 Å². The van der Waals surface area contributed by atoms with E-state index in [1.807, 2.05) is 12.1 Å². The van der Waals surface area contributed by atoms with Gasteiger partial charge in [-0.1, -0.05) is 12.1 Å². The molecule has 2 amide bonds. The summed E-state index contributed by atoms with van der Waals surface area (Å²) >= 11 is 0.920. The Kier molecular flexibility index (Phi) is 3.30. The van der Waals surface area contributed by atoms with Crippen LogP contribution in [0.15, 0.2) is 24.3 Å². The summed E-state index contributed by atoms with van der Waals surface area (Å²) in [5, 5.41) is 12.7. The summed E-state index contributed by atoms with van der Waals surface area (Å²) in [5.41, 5.74) is 1.66. The van der Waals surface area contributed by atoms with Crippen molar-refractivity contribution in [1.82, 2.24) is 5.32 Å². The number of amides is 2. The largest absolute Gasteiger partial charge is 0.365 e. The molecule has 1 aliphatic heterocycles. The summed E-state index contributed by atoms with van der Waals surface area (Å²) in [6, 6.07) is 9.24. The van der Waals surface area contributed by atoms with Crippen molar-refractivity contribution < 1.29 is 9.59 Å². The molecule has 0 unspecified atom stereocenters. The number of carbonyl (C=O) groups excluding carboxylic acids is 2. The van der Waals surface area contributed by atoms with Gasteiger partial charge in [-0.05, 0) is 29.5 Å². The second-order valence-corrected chi connectivity index (χ2v) is 4.53. The molecule has 0 radical (unpaired) electrons. The van der Waals surface area contributed by atoms with Crippen LogP contribution in [-0.4, -0.2) is 16.5 Å². The first-order chi connectivity index (χ1) is 8.19. The third-order valence-electron chi connectivity index (χ3n) is 2.22. The molecule has 1 fully saturated rings. The van der Waals surface area contributed by atoms with Crippen LogP contribution >= 0.6 is 11.8 Å². The van der Waals surface area contributed by atoms with Crippen LogP contribution in [0.2, 0.25) is 0 Å². The quantitative estimate of drug-likeness (QED) is 0.845. The number of rotatable bonds is 3. The number of imide groups is 1. The summed E-state index contributed by atoms with van der Waals surface area (Å²) in [4.78, 5) is 22.2. The Morgan fingerprint density at radius 2 is 2.06 bits per heavy atom. The highest BCUT2D eigenvalue weighted by atomic mass is 32.2. The molecule has 1 aromatic carbocycles. The van der Waals surface area contributed by atoms with Crippen molar-refractivity contribution in [2.75, 3.05) is 5.32 Å². The van der Waals surface area contributed by atoms with E-state index in [1.54, 1.807) is 12.1 Å². The fraction of sp³-hybridized carbons (Fsp3) is 0.182. The first-order valence-corrected chi connectivity index (χ1v) is 5.81. The van der Waals surface area contributed by atoms with Crippen LogP contribution in [0.1, 0.15) is 5.56 Å². The van der Waals surface area contributed by atoms with E-state index in [9.17, 15) is 9.59 Å². The van der Waals surface area contributed by atoms with Gasteiger partial charge in [-0.25, -0.2) is 0 Å². The molecule has 1 heterocycles. The lowest BCUT2D eigenvalue weighted by atomic mass is 10.1. The van der Waals surface area contributed by atoms with Gasteiger partial charge < -0.3 is 5.32 Å². The van der Waals surface area contributed by atoms with Gasteiger partial charge in [0, 0.05) is 5.69 Å². The van der Waals surface area contributed by atoms with Crippen molar-refractivity contribution in [3.8, 4) is 6.07 Å². The summed E-state index contributed by atoms with van der Waals surface area (Å²) in [6.07, 6.45) is 0.359. The number of thioether (sulfide) groups is 1. The zero-order valence-corrected chi connectivity index (χ0v) is 9.58. The van der Waals surface area contributed by atoms with Gasteiger partial charge in [0.1, 0.15) is 0 Å². The maximum atomic E-state index is 11.3. The van der Waals surface area contributed by atoms with Gasteiger partial charge in [0.15, 0.2) is 5.37 Å². The van der Waals surface area contributed by atoms with Crippen molar-refractivity contribution in [3.05, 3.63) is 29.8 Å². The zero-order valence-electron chi connectivity index (χ0n) is 8.77. The fourth-order valence-corrected chi connectivity index (χ4v) is 2.15. The number of anilines is 1. The average molecular weight is 247 g/mol. The van der Waals surface area contributed by atoms with Crippen LogP contribution in [0.25, 0.3) is 0 Å². The highest BCUT2D eigenvalue weighted by Gasteiger charge is 2.31. The molecule has 2 N–H and O–H groups in total. The number of nitrogens with zero attached hydrogens (tertiary/aromatic N) is 1. The van der Waals surface area contributed by atoms with E-state index in [0.717, 1.165) is 23.0 Å². The molecule has 0 spiro atoms. The Bertz CT molecular complexity index is 492. The van der Waals surface area contributed by atoms with E-state index in [1.165, 1.54) is 0 Å². The summed E-state index contributed by atoms with van der Waals surface area (Å²) in [6.45, 7) is 0. The average Bonchev–Trinajstić information content (AvgIpc) is 2.61. The molecule has 1 atom stereocenters. The number of nitriles is 1. The third-order valence-corrected chi connectivity index (χ3v) is 3.11. The Hall–Kier alpha value is -2.00. The van der Waals surface area contributed by atoms with Crippen LogP contribution in [-0.2, 0) is 11.2 Å². The van der Waals surface area contributed by atoms with Gasteiger partial charge in [-0.2, -0.15) is 5.26 Å². The van der Waals surface area contributed by atoms with Crippen molar-refractivity contribution >= 4 is 28.6 Å². The minimum absolute atomic E-state index is 0.332. The molecule has 0 aromatic heterocycles. The second kappa shape index (κ2) is 4.89. The SMILES string of the molecule is N#CCc1ccc(N[C@@H]2SC(=O)NC2=O)cc1. The van der Waals surface area contributed by atoms with Gasteiger partial charge in [-0.3, -0.25) is 14.9 Å². The molecular formula is C11H9N3O2S. The minimum atomic E-state index is -0.579. The van der Waals surface area contributed by atoms with Crippen LogP contribution in [0, 0.1) is 11.3 Å². The van der Waals surface area contributed by atoms with Gasteiger partial charge in [0.25, 0.3) is 11.1 Å². The minimum Gasteiger partial charge on any atom is -0.365 e. The van der Waals surface area contributed by atoms with E-state index in [-0.39, 0.29) is 11.1 Å². The summed E-state index contributed by atoms with van der Waals surface area (Å²) < 4.78 is 0. The molecule has 0 bridgehead atoms. The highest BCUT2D eigenvalue weighted by Crippen LogP contribution is 2.21. The molecule has 2 rings (SSSR count). The number of hydrogen-bond acceptors (Lipinski definition) is 5. The normalized spacial score (nSPS) is 18.6. The van der Waals surface area contributed by atoms with Crippen molar-refractivity contribution in [3.63, 3.8) is 0 Å². The van der Waals surface area contributed by atoms with Crippen LogP contribution in [0.5, 0.6) is 0 Å². The molecule has 1 saturated heterocycles. The second-order valence-electron chi connectivity index (χ2n) is 3.45. The third kappa shape index (κ3) is 2.77.